The molecule has 2 amide bonds. The Morgan fingerprint density at radius 2 is 1.38 bits per heavy atom. The Balaban J connectivity index is 0. The number of hydrogen-bond donors (Lipinski definition) is 2. The van der Waals surface area contributed by atoms with Gasteiger partial charge < -0.3 is 10.6 Å². The molecule has 1 fully saturated rings. The molecule has 0 aromatic rings. The van der Waals surface area contributed by atoms with Crippen molar-refractivity contribution >= 4 is 50.5 Å². The van der Waals surface area contributed by atoms with Crippen LogP contribution in [0.2, 0.25) is 0 Å². The molecule has 1 rings (SSSR count). The van der Waals surface area contributed by atoms with Gasteiger partial charge in [-0.3, -0.25) is 9.59 Å². The Morgan fingerprint density at radius 3 is 1.69 bits per heavy atom. The molecule has 84 valence electrons. The fraction of sp³-hybridized carbons (Fsp3) is 0.800. The first kappa shape index (κ1) is 18.5. The van der Waals surface area contributed by atoms with E-state index in [0.717, 1.165) is 32.1 Å². The maximum atomic E-state index is 10.3. The number of carbonyl (C=O) groups excluding carboxylic acids is 2. The van der Waals surface area contributed by atoms with Crippen LogP contribution in [0, 0.1) is 5.41 Å². The topological polar surface area (TPSA) is 58.2 Å². The normalized spacial score (nSPS) is 26.6. The summed E-state index contributed by atoms with van der Waals surface area (Å²) in [7, 11) is 0. The zero-order chi connectivity index (χ0) is 10.6. The van der Waals surface area contributed by atoms with Gasteiger partial charge in [0, 0.05) is 12.1 Å². The SMILES string of the molecule is CC1(C)CC(NC=O)CC(NC=O)C1.[LiH].[LiH]. The molecular formula is C10H20Li2N2O2. The molecule has 0 aliphatic heterocycles. The zero-order valence-corrected chi connectivity index (χ0v) is 8.75. The van der Waals surface area contributed by atoms with Crippen LogP contribution < -0.4 is 10.6 Å². The van der Waals surface area contributed by atoms with Gasteiger partial charge in [-0.2, -0.15) is 0 Å². The summed E-state index contributed by atoms with van der Waals surface area (Å²) in [4.78, 5) is 20.7. The molecular weight excluding hydrogens is 194 g/mol. The van der Waals surface area contributed by atoms with Crippen LogP contribution in [0.5, 0.6) is 0 Å². The number of carbonyl (C=O) groups is 2. The molecule has 6 heteroatoms. The summed E-state index contributed by atoms with van der Waals surface area (Å²) in [6.45, 7) is 4.32. The van der Waals surface area contributed by atoms with Crippen LogP contribution >= 0.6 is 0 Å². The summed E-state index contributed by atoms with van der Waals surface area (Å²) in [5, 5.41) is 5.58. The van der Waals surface area contributed by atoms with Crippen molar-refractivity contribution in [3.63, 3.8) is 0 Å². The van der Waals surface area contributed by atoms with Gasteiger partial charge >= 0.3 is 37.7 Å². The van der Waals surface area contributed by atoms with Gasteiger partial charge in [0.2, 0.25) is 12.8 Å². The van der Waals surface area contributed by atoms with Gasteiger partial charge in [0.25, 0.3) is 0 Å². The van der Waals surface area contributed by atoms with Crippen LogP contribution in [0.15, 0.2) is 0 Å². The standard InChI is InChI=1S/C10H18N2O2.2Li.2H/c1-10(2)4-8(11-6-13)3-9(5-10)12-7-14;;;;/h6-9H,3-5H2,1-2H3,(H,11,13)(H,12,14);;;;. The summed E-state index contributed by atoms with van der Waals surface area (Å²) in [6, 6.07) is 0.377. The summed E-state index contributed by atoms with van der Waals surface area (Å²) >= 11 is 0. The van der Waals surface area contributed by atoms with Crippen LogP contribution in [0.4, 0.5) is 0 Å². The van der Waals surface area contributed by atoms with E-state index in [1.54, 1.807) is 0 Å². The fourth-order valence-electron chi connectivity index (χ4n) is 2.37. The average molecular weight is 214 g/mol. The Bertz CT molecular complexity index is 205. The predicted molar refractivity (Wildman–Crippen MR) is 67.9 cm³/mol. The van der Waals surface area contributed by atoms with Crippen molar-refractivity contribution in [3.8, 4) is 0 Å². The van der Waals surface area contributed by atoms with Crippen molar-refractivity contribution in [2.24, 2.45) is 5.41 Å². The monoisotopic (exact) mass is 214 g/mol. The van der Waals surface area contributed by atoms with Crippen LogP contribution in [-0.4, -0.2) is 62.6 Å². The maximum absolute atomic E-state index is 10.3. The van der Waals surface area contributed by atoms with Crippen molar-refractivity contribution in [3.05, 3.63) is 0 Å². The second kappa shape index (κ2) is 8.26. The van der Waals surface area contributed by atoms with Crippen molar-refractivity contribution in [1.82, 2.24) is 10.6 Å². The van der Waals surface area contributed by atoms with E-state index in [9.17, 15) is 9.59 Å². The van der Waals surface area contributed by atoms with Gasteiger partial charge in [0.1, 0.15) is 0 Å². The van der Waals surface area contributed by atoms with Gasteiger partial charge in [-0.1, -0.05) is 13.8 Å². The minimum absolute atomic E-state index is 0. The molecule has 2 N–H and O–H groups in total. The molecule has 1 aliphatic rings. The first-order valence-electron chi connectivity index (χ1n) is 4.97. The quantitative estimate of drug-likeness (QED) is 0.472. The molecule has 0 aromatic heterocycles. The summed E-state index contributed by atoms with van der Waals surface area (Å²) in [5.74, 6) is 0. The van der Waals surface area contributed by atoms with Gasteiger partial charge in [-0.05, 0) is 24.7 Å². The van der Waals surface area contributed by atoms with E-state index in [4.69, 9.17) is 0 Å². The third-order valence-electron chi connectivity index (χ3n) is 2.77. The number of hydrogen-bond acceptors (Lipinski definition) is 2. The first-order chi connectivity index (χ1) is 6.57. The van der Waals surface area contributed by atoms with Gasteiger partial charge in [-0.25, -0.2) is 0 Å². The van der Waals surface area contributed by atoms with Gasteiger partial charge in [-0.15, -0.1) is 0 Å². The summed E-state index contributed by atoms with van der Waals surface area (Å²) in [6.07, 6.45) is 4.26. The van der Waals surface area contributed by atoms with E-state index in [0.29, 0.717) is 0 Å². The zero-order valence-electron chi connectivity index (χ0n) is 8.75. The molecule has 1 saturated carbocycles. The van der Waals surface area contributed by atoms with Crippen molar-refractivity contribution in [1.29, 1.82) is 0 Å². The van der Waals surface area contributed by atoms with E-state index < -0.39 is 0 Å². The van der Waals surface area contributed by atoms with Crippen molar-refractivity contribution < 1.29 is 9.59 Å². The molecule has 4 nitrogen and oxygen atoms in total. The van der Waals surface area contributed by atoms with Gasteiger partial charge in [0.15, 0.2) is 0 Å². The van der Waals surface area contributed by atoms with Crippen molar-refractivity contribution in [2.45, 2.75) is 45.2 Å². The van der Waals surface area contributed by atoms with Gasteiger partial charge in [0.05, 0.1) is 0 Å². The third-order valence-corrected chi connectivity index (χ3v) is 2.77. The molecule has 0 radical (unpaired) electrons. The van der Waals surface area contributed by atoms with Crippen LogP contribution in [0.1, 0.15) is 33.1 Å². The summed E-state index contributed by atoms with van der Waals surface area (Å²) < 4.78 is 0. The first-order valence-corrected chi connectivity index (χ1v) is 4.97. The molecule has 0 heterocycles. The Hall–Kier alpha value is 0.135. The molecule has 2 unspecified atom stereocenters. The molecule has 1 aliphatic carbocycles. The molecule has 0 spiro atoms. The molecule has 2 atom stereocenters. The van der Waals surface area contributed by atoms with Crippen LogP contribution in [0.25, 0.3) is 0 Å². The summed E-state index contributed by atoms with van der Waals surface area (Å²) in [5.41, 5.74) is 0.180. The van der Waals surface area contributed by atoms with E-state index >= 15 is 0 Å². The third kappa shape index (κ3) is 6.02. The second-order valence-corrected chi connectivity index (χ2v) is 4.77. The minimum atomic E-state index is 0. The average Bonchev–Trinajstić information content (AvgIpc) is 2.01. The number of amides is 2. The molecule has 0 bridgehead atoms. The van der Waals surface area contributed by atoms with E-state index in [-0.39, 0.29) is 55.2 Å². The number of nitrogens with one attached hydrogen (secondary N) is 2. The predicted octanol–water partition coefficient (Wildman–Crippen LogP) is -0.871. The Morgan fingerprint density at radius 1 is 1.00 bits per heavy atom. The van der Waals surface area contributed by atoms with Crippen LogP contribution in [0.3, 0.4) is 0 Å². The molecule has 16 heavy (non-hydrogen) atoms. The van der Waals surface area contributed by atoms with E-state index in [1.165, 1.54) is 0 Å². The second-order valence-electron chi connectivity index (χ2n) is 4.77. The Kier molecular flexibility index (Phi) is 9.55. The fourth-order valence-corrected chi connectivity index (χ4v) is 2.37. The number of rotatable bonds is 4. The van der Waals surface area contributed by atoms with Crippen LogP contribution in [-0.2, 0) is 9.59 Å². The van der Waals surface area contributed by atoms with E-state index in [1.807, 2.05) is 0 Å². The van der Waals surface area contributed by atoms with E-state index in [2.05, 4.69) is 24.5 Å². The molecule has 0 aromatic carbocycles. The Labute approximate surface area is 121 Å². The molecule has 0 saturated heterocycles. The van der Waals surface area contributed by atoms with Crippen molar-refractivity contribution in [2.75, 3.05) is 0 Å².